The number of nitrogens with zero attached hydrogens (tertiary/aromatic N) is 4. The van der Waals surface area contributed by atoms with Crippen LogP contribution in [0.1, 0.15) is 18.5 Å². The van der Waals surface area contributed by atoms with E-state index in [0.29, 0.717) is 0 Å². The van der Waals surface area contributed by atoms with Gasteiger partial charge in [-0.15, -0.1) is 5.10 Å². The topological polar surface area (TPSA) is 67.6 Å². The molecule has 0 aliphatic rings. The highest BCUT2D eigenvalue weighted by atomic mass is 32.2. The van der Waals surface area contributed by atoms with Crippen LogP contribution in [0.5, 0.6) is 0 Å². The third-order valence-corrected chi connectivity index (χ3v) is 5.58. The fourth-order valence-corrected chi connectivity index (χ4v) is 4.15. The summed E-state index contributed by atoms with van der Waals surface area (Å²) in [5, 5.41) is 3.03. The van der Waals surface area contributed by atoms with Crippen LogP contribution in [0.15, 0.2) is 53.8 Å². The van der Waals surface area contributed by atoms with Gasteiger partial charge >= 0.3 is 6.18 Å². The van der Waals surface area contributed by atoms with E-state index >= 15 is 0 Å². The zero-order chi connectivity index (χ0) is 19.8. The monoisotopic (exact) mass is 402 g/mol. The lowest BCUT2D eigenvalue weighted by Crippen LogP contribution is -2.42. The molecule has 0 fully saturated rings. The van der Waals surface area contributed by atoms with Gasteiger partial charge in [-0.1, -0.05) is 25.1 Å². The van der Waals surface area contributed by atoms with E-state index < -0.39 is 45.3 Å². The summed E-state index contributed by atoms with van der Waals surface area (Å²) in [7, 11) is -4.68. The SMILES string of the molecule is CCN([C@H](c1ccc(F)cc1)C(F)(F)F)S(=O)(=O)c1nc2ccccn2n1. The highest BCUT2D eigenvalue weighted by molar-refractivity contribution is 7.89. The molecule has 2 aromatic heterocycles. The van der Waals surface area contributed by atoms with Crippen molar-refractivity contribution in [1.82, 2.24) is 18.9 Å². The third-order valence-electron chi connectivity index (χ3n) is 3.86. The molecule has 3 rings (SSSR count). The normalized spacial score (nSPS) is 14.0. The number of hydrogen-bond acceptors (Lipinski definition) is 4. The summed E-state index contributed by atoms with van der Waals surface area (Å²) in [6.07, 6.45) is -3.50. The third kappa shape index (κ3) is 3.65. The van der Waals surface area contributed by atoms with Crippen LogP contribution < -0.4 is 0 Å². The van der Waals surface area contributed by atoms with Gasteiger partial charge in [0.05, 0.1) is 0 Å². The van der Waals surface area contributed by atoms with Crippen LogP contribution in [0, 0.1) is 5.82 Å². The first-order chi connectivity index (χ1) is 12.6. The van der Waals surface area contributed by atoms with Gasteiger partial charge in [-0.2, -0.15) is 22.5 Å². The van der Waals surface area contributed by atoms with Crippen molar-refractivity contribution in [2.45, 2.75) is 24.3 Å². The van der Waals surface area contributed by atoms with Gasteiger partial charge in [0.1, 0.15) is 11.9 Å². The fraction of sp³-hybridized carbons (Fsp3) is 0.250. The predicted molar refractivity (Wildman–Crippen MR) is 87.7 cm³/mol. The van der Waals surface area contributed by atoms with E-state index in [2.05, 4.69) is 10.1 Å². The Morgan fingerprint density at radius 3 is 2.37 bits per heavy atom. The Morgan fingerprint density at radius 1 is 1.15 bits per heavy atom. The van der Waals surface area contributed by atoms with E-state index in [1.54, 1.807) is 12.1 Å². The second-order valence-corrected chi connectivity index (χ2v) is 7.39. The standard InChI is InChI=1S/C16H14F4N4O2S/c1-2-24(14(16(18,19)20)11-6-8-12(17)9-7-11)27(25,26)15-21-13-5-3-4-10-23(13)22-15/h3-10,14H,2H2,1H3/t14-/m1/s1. The zero-order valence-electron chi connectivity index (χ0n) is 13.9. The smallest absolute Gasteiger partial charge is 0.220 e. The number of halogens is 4. The summed E-state index contributed by atoms with van der Waals surface area (Å²) in [5.41, 5.74) is -0.226. The molecule has 0 N–H and O–H groups in total. The minimum absolute atomic E-state index is 0.178. The van der Waals surface area contributed by atoms with Gasteiger partial charge < -0.3 is 0 Å². The number of hydrogen-bond donors (Lipinski definition) is 0. The van der Waals surface area contributed by atoms with Crippen LogP contribution in [0.25, 0.3) is 5.65 Å². The summed E-state index contributed by atoms with van der Waals surface area (Å²) in [4.78, 5) is 3.82. The van der Waals surface area contributed by atoms with Gasteiger partial charge in [-0.05, 0) is 29.8 Å². The van der Waals surface area contributed by atoms with Gasteiger partial charge in [-0.25, -0.2) is 17.3 Å². The average Bonchev–Trinajstić information content (AvgIpc) is 3.04. The van der Waals surface area contributed by atoms with Crippen LogP contribution in [0.3, 0.4) is 0 Å². The quantitative estimate of drug-likeness (QED) is 0.615. The maximum absolute atomic E-state index is 13.7. The van der Waals surface area contributed by atoms with Crippen molar-refractivity contribution >= 4 is 15.7 Å². The first kappa shape index (κ1) is 19.2. The Morgan fingerprint density at radius 2 is 1.81 bits per heavy atom. The van der Waals surface area contributed by atoms with E-state index in [0.717, 1.165) is 28.8 Å². The van der Waals surface area contributed by atoms with Gasteiger partial charge in [0.15, 0.2) is 5.65 Å². The molecule has 0 aliphatic carbocycles. The molecule has 2 heterocycles. The molecule has 3 aromatic rings. The van der Waals surface area contributed by atoms with Crippen molar-refractivity contribution < 1.29 is 26.0 Å². The molecular weight excluding hydrogens is 388 g/mol. The zero-order valence-corrected chi connectivity index (χ0v) is 14.7. The lowest BCUT2D eigenvalue weighted by atomic mass is 10.1. The minimum Gasteiger partial charge on any atom is -0.220 e. The van der Waals surface area contributed by atoms with Crippen LogP contribution in [-0.4, -0.2) is 40.0 Å². The van der Waals surface area contributed by atoms with E-state index in [4.69, 9.17) is 0 Å². The lowest BCUT2D eigenvalue weighted by molar-refractivity contribution is -0.173. The molecule has 27 heavy (non-hydrogen) atoms. The van der Waals surface area contributed by atoms with Crippen LogP contribution in [-0.2, 0) is 10.0 Å². The Hall–Kier alpha value is -2.53. The summed E-state index contributed by atoms with van der Waals surface area (Å²) in [6, 6.07) is 5.64. The van der Waals surface area contributed by atoms with Crippen LogP contribution >= 0.6 is 0 Å². The first-order valence-electron chi connectivity index (χ1n) is 7.80. The second kappa shape index (κ2) is 6.89. The molecule has 0 aliphatic heterocycles. The Kier molecular flexibility index (Phi) is 4.91. The van der Waals surface area contributed by atoms with E-state index in [-0.39, 0.29) is 9.95 Å². The van der Waals surface area contributed by atoms with Crippen molar-refractivity contribution in [2.75, 3.05) is 6.54 Å². The maximum atomic E-state index is 13.7. The molecule has 1 atom stereocenters. The Labute approximate surface area is 152 Å². The molecule has 0 saturated heterocycles. The van der Waals surface area contributed by atoms with E-state index in [1.807, 2.05) is 0 Å². The average molecular weight is 402 g/mol. The molecule has 0 radical (unpaired) electrons. The number of fused-ring (bicyclic) bond motifs is 1. The van der Waals surface area contributed by atoms with Crippen molar-refractivity contribution in [3.63, 3.8) is 0 Å². The second-order valence-electron chi connectivity index (χ2n) is 5.60. The van der Waals surface area contributed by atoms with Crippen molar-refractivity contribution in [2.24, 2.45) is 0 Å². The number of aromatic nitrogens is 3. The number of rotatable bonds is 5. The fourth-order valence-electron chi connectivity index (χ4n) is 2.68. The van der Waals surface area contributed by atoms with Gasteiger partial charge in [0.2, 0.25) is 0 Å². The van der Waals surface area contributed by atoms with Gasteiger partial charge in [0.25, 0.3) is 15.2 Å². The lowest BCUT2D eigenvalue weighted by Gasteiger charge is -2.30. The molecule has 144 valence electrons. The van der Waals surface area contributed by atoms with E-state index in [9.17, 15) is 26.0 Å². The summed E-state index contributed by atoms with van der Waals surface area (Å²) in [5.74, 6) is -0.729. The summed E-state index contributed by atoms with van der Waals surface area (Å²) in [6.45, 7) is 0.787. The molecule has 6 nitrogen and oxygen atoms in total. The number of benzene rings is 1. The first-order valence-corrected chi connectivity index (χ1v) is 9.24. The van der Waals surface area contributed by atoms with Gasteiger partial charge in [0, 0.05) is 12.7 Å². The minimum atomic E-state index is -4.93. The highest BCUT2D eigenvalue weighted by Crippen LogP contribution is 2.40. The Bertz CT molecular complexity index is 1020. The molecule has 0 bridgehead atoms. The predicted octanol–water partition coefficient (Wildman–Crippen LogP) is 3.18. The number of sulfonamides is 1. The number of pyridine rings is 1. The van der Waals surface area contributed by atoms with Gasteiger partial charge in [-0.3, -0.25) is 0 Å². The van der Waals surface area contributed by atoms with Crippen LogP contribution in [0.2, 0.25) is 0 Å². The summed E-state index contributed by atoms with van der Waals surface area (Å²) >= 11 is 0. The molecule has 11 heteroatoms. The molecular formula is C16H14F4N4O2S. The maximum Gasteiger partial charge on any atom is 0.409 e. The van der Waals surface area contributed by atoms with Crippen molar-refractivity contribution in [3.8, 4) is 0 Å². The molecule has 0 unspecified atom stereocenters. The van der Waals surface area contributed by atoms with Crippen molar-refractivity contribution in [3.05, 3.63) is 60.0 Å². The number of alkyl halides is 3. The molecule has 1 aromatic carbocycles. The largest absolute Gasteiger partial charge is 0.409 e. The van der Waals surface area contributed by atoms with Crippen molar-refractivity contribution in [1.29, 1.82) is 0 Å². The Balaban J connectivity index is 2.12. The molecule has 0 saturated carbocycles. The summed E-state index contributed by atoms with van der Waals surface area (Å²) < 4.78 is 81.5. The van der Waals surface area contributed by atoms with E-state index in [1.165, 1.54) is 19.2 Å². The molecule has 0 spiro atoms. The molecule has 0 amide bonds. The van der Waals surface area contributed by atoms with Crippen LogP contribution in [0.4, 0.5) is 17.6 Å². The highest BCUT2D eigenvalue weighted by Gasteiger charge is 2.49.